The van der Waals surface area contributed by atoms with Gasteiger partial charge < -0.3 is 20.1 Å². The number of ether oxygens (including phenoxy) is 2. The number of nitrogens with one attached hydrogen (secondary N) is 2. The molecule has 2 N–H and O–H groups in total. The molecule has 3 atom stereocenters. The molecule has 1 saturated heterocycles. The Morgan fingerprint density at radius 2 is 2.25 bits per heavy atom. The molecule has 1 aromatic rings. The number of carbonyl (C=O) groups is 1. The number of anilines is 1. The molecule has 1 aromatic carbocycles. The minimum atomic E-state index is -0.487. The largest absolute Gasteiger partial charge is 0.497 e. The lowest BCUT2D eigenvalue weighted by atomic mass is 10.0. The first-order valence-corrected chi connectivity index (χ1v) is 8.25. The summed E-state index contributed by atoms with van der Waals surface area (Å²) in [5.41, 5.74) is 1.23. The van der Waals surface area contributed by atoms with E-state index in [1.807, 2.05) is 0 Å². The fraction of sp³-hybridized carbons (Fsp3) is 0.562. The normalized spacial score (nSPS) is 29.7. The third-order valence-electron chi connectivity index (χ3n) is 4.71. The summed E-state index contributed by atoms with van der Waals surface area (Å²) in [6.45, 7) is 2.85. The molecule has 0 aromatic heterocycles. The number of methoxy groups -OCH3 is 1. The molecular weight excluding hydrogens is 310 g/mol. The maximum atomic E-state index is 12.2. The Bertz CT molecular complexity index is 659. The van der Waals surface area contributed by atoms with Crippen molar-refractivity contribution in [3.63, 3.8) is 0 Å². The predicted molar refractivity (Wildman–Crippen MR) is 87.1 cm³/mol. The van der Waals surface area contributed by atoms with Crippen molar-refractivity contribution in [2.75, 3.05) is 32.2 Å². The summed E-state index contributed by atoms with van der Waals surface area (Å²) in [6, 6.07) is 5.09. The first-order valence-electron chi connectivity index (χ1n) is 8.25. The number of benzene rings is 1. The van der Waals surface area contributed by atoms with E-state index in [0.717, 1.165) is 38.3 Å². The van der Waals surface area contributed by atoms with E-state index in [-0.39, 0.29) is 18.2 Å². The van der Waals surface area contributed by atoms with Gasteiger partial charge in [0.1, 0.15) is 18.0 Å². The highest BCUT2D eigenvalue weighted by molar-refractivity contribution is 5.97. The molecule has 128 valence electrons. The van der Waals surface area contributed by atoms with E-state index in [2.05, 4.69) is 25.8 Å². The third kappa shape index (κ3) is 2.83. The number of fused-ring (bicyclic) bond motifs is 1. The van der Waals surface area contributed by atoms with Crippen LogP contribution in [0.3, 0.4) is 0 Å². The monoisotopic (exact) mass is 331 g/mol. The average molecular weight is 331 g/mol. The molecule has 0 aliphatic carbocycles. The molecular formula is C16H21N5O3. The van der Waals surface area contributed by atoms with Crippen LogP contribution in [-0.4, -0.2) is 56.2 Å². The van der Waals surface area contributed by atoms with E-state index < -0.39 is 6.23 Å². The van der Waals surface area contributed by atoms with Crippen LogP contribution in [0, 0.1) is 0 Å². The highest BCUT2D eigenvalue weighted by Crippen LogP contribution is 2.31. The van der Waals surface area contributed by atoms with Crippen LogP contribution in [0.1, 0.15) is 23.2 Å². The predicted octanol–water partition coefficient (Wildman–Crippen LogP) is 1.41. The Kier molecular flexibility index (Phi) is 4.07. The highest BCUT2D eigenvalue weighted by Gasteiger charge is 2.35. The molecule has 3 aliphatic heterocycles. The van der Waals surface area contributed by atoms with Crippen LogP contribution >= 0.6 is 0 Å². The van der Waals surface area contributed by atoms with Crippen LogP contribution in [0.15, 0.2) is 28.4 Å². The summed E-state index contributed by atoms with van der Waals surface area (Å²) in [5, 5.41) is 15.4. The minimum Gasteiger partial charge on any atom is -0.497 e. The zero-order valence-corrected chi connectivity index (χ0v) is 13.6. The van der Waals surface area contributed by atoms with Crippen molar-refractivity contribution in [2.24, 2.45) is 10.2 Å². The lowest BCUT2D eigenvalue weighted by molar-refractivity contribution is 0.0241. The van der Waals surface area contributed by atoms with E-state index in [1.165, 1.54) is 0 Å². The summed E-state index contributed by atoms with van der Waals surface area (Å²) >= 11 is 0. The maximum absolute atomic E-state index is 12.2. The first-order chi connectivity index (χ1) is 11.7. The van der Waals surface area contributed by atoms with Crippen molar-refractivity contribution < 1.29 is 14.3 Å². The summed E-state index contributed by atoms with van der Waals surface area (Å²) in [7, 11) is 1.60. The van der Waals surface area contributed by atoms with Gasteiger partial charge in [0.2, 0.25) is 0 Å². The lowest BCUT2D eigenvalue weighted by Crippen LogP contribution is -2.43. The molecule has 8 heteroatoms. The Labute approximate surface area is 140 Å². The van der Waals surface area contributed by atoms with Crippen molar-refractivity contribution in [1.82, 2.24) is 10.2 Å². The number of nitrogens with zero attached hydrogens (tertiary/aromatic N) is 3. The van der Waals surface area contributed by atoms with E-state index >= 15 is 0 Å². The van der Waals surface area contributed by atoms with Crippen LogP contribution in [0.2, 0.25) is 0 Å². The summed E-state index contributed by atoms with van der Waals surface area (Å²) in [4.78, 5) is 14.5. The number of cyclic esters (lactones) is 1. The van der Waals surface area contributed by atoms with E-state index in [4.69, 9.17) is 9.47 Å². The Balaban J connectivity index is 1.47. The average Bonchev–Trinajstić information content (AvgIpc) is 3.16. The van der Waals surface area contributed by atoms with Gasteiger partial charge in [-0.25, -0.2) is 4.79 Å². The number of hydrogen-bond acceptors (Lipinski definition) is 8. The van der Waals surface area contributed by atoms with Crippen molar-refractivity contribution in [2.45, 2.75) is 31.3 Å². The van der Waals surface area contributed by atoms with Gasteiger partial charge in [0.15, 0.2) is 6.23 Å². The zero-order valence-electron chi connectivity index (χ0n) is 13.6. The second-order valence-electron chi connectivity index (χ2n) is 6.21. The molecule has 0 bridgehead atoms. The Hall–Kier alpha value is -2.19. The summed E-state index contributed by atoms with van der Waals surface area (Å²) in [5.74, 6) is 0.360. The first kappa shape index (κ1) is 15.3. The van der Waals surface area contributed by atoms with Crippen LogP contribution in [0.4, 0.5) is 5.69 Å². The fourth-order valence-corrected chi connectivity index (χ4v) is 3.33. The molecule has 3 unspecified atom stereocenters. The molecule has 0 saturated carbocycles. The van der Waals surface area contributed by atoms with Gasteiger partial charge in [-0.3, -0.25) is 4.90 Å². The smallest absolute Gasteiger partial charge is 0.342 e. The third-order valence-corrected chi connectivity index (χ3v) is 4.71. The van der Waals surface area contributed by atoms with Gasteiger partial charge >= 0.3 is 5.97 Å². The lowest BCUT2D eigenvalue weighted by Gasteiger charge is -2.33. The minimum absolute atomic E-state index is 0.128. The van der Waals surface area contributed by atoms with Gasteiger partial charge in [-0.1, -0.05) is 0 Å². The van der Waals surface area contributed by atoms with Gasteiger partial charge in [-0.05, 0) is 25.0 Å². The zero-order chi connectivity index (χ0) is 16.5. The number of esters is 1. The van der Waals surface area contributed by atoms with Crippen LogP contribution in [-0.2, 0) is 4.74 Å². The molecule has 0 radical (unpaired) electrons. The van der Waals surface area contributed by atoms with Gasteiger partial charge in [0.25, 0.3) is 0 Å². The highest BCUT2D eigenvalue weighted by atomic mass is 16.6. The molecule has 3 heterocycles. The SMILES string of the molecule is COc1ccc2c(c1)NC(C1CCC(N3CCNC3)N=N1)OC2=O. The molecule has 8 nitrogen and oxygen atoms in total. The number of azo groups is 1. The number of hydrogen-bond donors (Lipinski definition) is 2. The molecule has 24 heavy (non-hydrogen) atoms. The number of rotatable bonds is 3. The van der Waals surface area contributed by atoms with Crippen LogP contribution in [0.5, 0.6) is 5.75 Å². The van der Waals surface area contributed by atoms with Crippen molar-refractivity contribution >= 4 is 11.7 Å². The fourth-order valence-electron chi connectivity index (χ4n) is 3.33. The van der Waals surface area contributed by atoms with Crippen molar-refractivity contribution in [1.29, 1.82) is 0 Å². The van der Waals surface area contributed by atoms with Gasteiger partial charge in [-0.2, -0.15) is 10.2 Å². The topological polar surface area (TPSA) is 87.6 Å². The van der Waals surface area contributed by atoms with Crippen LogP contribution in [0.25, 0.3) is 0 Å². The standard InChI is InChI=1S/C16H21N5O3/c1-23-10-2-3-11-13(8-10)18-15(24-16(11)22)12-4-5-14(20-19-12)21-7-6-17-9-21/h2-3,8,12,14-15,17-18H,4-7,9H2,1H3. The van der Waals surface area contributed by atoms with Gasteiger partial charge in [-0.15, -0.1) is 0 Å². The van der Waals surface area contributed by atoms with Crippen molar-refractivity contribution in [3.05, 3.63) is 23.8 Å². The quantitative estimate of drug-likeness (QED) is 0.814. The molecule has 1 fully saturated rings. The summed E-state index contributed by atoms with van der Waals surface area (Å²) < 4.78 is 10.7. The van der Waals surface area contributed by atoms with E-state index in [0.29, 0.717) is 11.3 Å². The number of carbonyl (C=O) groups excluding carboxylic acids is 1. The van der Waals surface area contributed by atoms with Crippen molar-refractivity contribution in [3.8, 4) is 5.75 Å². The van der Waals surface area contributed by atoms with Gasteiger partial charge in [0, 0.05) is 19.2 Å². The second-order valence-corrected chi connectivity index (χ2v) is 6.21. The molecule has 0 spiro atoms. The molecule has 4 rings (SSSR count). The van der Waals surface area contributed by atoms with E-state index in [9.17, 15) is 4.79 Å². The molecule has 0 amide bonds. The van der Waals surface area contributed by atoms with E-state index in [1.54, 1.807) is 25.3 Å². The maximum Gasteiger partial charge on any atom is 0.342 e. The van der Waals surface area contributed by atoms with Crippen LogP contribution < -0.4 is 15.4 Å². The molecule has 3 aliphatic rings. The second kappa shape index (κ2) is 6.37. The Morgan fingerprint density at radius 3 is 2.96 bits per heavy atom. The van der Waals surface area contributed by atoms with Gasteiger partial charge in [0.05, 0.1) is 25.0 Å². The Morgan fingerprint density at radius 1 is 1.33 bits per heavy atom. The summed E-state index contributed by atoms with van der Waals surface area (Å²) in [6.07, 6.45) is 1.38.